The number of rotatable bonds is 3. The van der Waals surface area contributed by atoms with Crippen molar-refractivity contribution in [2.24, 2.45) is 0 Å². The predicted octanol–water partition coefficient (Wildman–Crippen LogP) is 13.4. The molecule has 0 bridgehead atoms. The molecule has 11 heteroatoms. The van der Waals surface area contributed by atoms with Crippen LogP contribution in [-0.2, 0) is 20.1 Å². The molecule has 2 aliphatic rings. The topological polar surface area (TPSA) is 6.48 Å². The second-order valence-electron chi connectivity index (χ2n) is 12.2. The summed E-state index contributed by atoms with van der Waals surface area (Å²) in [6.45, 7) is 18.5. The first-order valence-electron chi connectivity index (χ1n) is 15.6. The SMILES string of the molecule is C1=CCCC=CCC1.CP(C)c1ccccc1.Cc1cc(C)c(N2C=CN(c3c(C)cc(C)cc3C)C2)c(C)c1.F[P-](F)(F)(F)(F)F.[Ir]. The molecular formula is C37H49F6IrN2P2-. The van der Waals surface area contributed by atoms with Crippen molar-refractivity contribution in [2.45, 2.75) is 67.2 Å². The van der Waals surface area contributed by atoms with Gasteiger partial charge in [0.05, 0.1) is 6.67 Å². The van der Waals surface area contributed by atoms with E-state index in [1.165, 1.54) is 75.7 Å². The van der Waals surface area contributed by atoms with Gasteiger partial charge in [0, 0.05) is 43.9 Å². The molecule has 0 spiro atoms. The van der Waals surface area contributed by atoms with Gasteiger partial charge in [-0.05, 0) is 108 Å². The Morgan fingerprint density at radius 3 is 1.08 bits per heavy atom. The number of hydrogen-bond acceptors (Lipinski definition) is 2. The van der Waals surface area contributed by atoms with E-state index in [0.29, 0.717) is 0 Å². The number of nitrogens with zero attached hydrogens (tertiary/aromatic N) is 2. The van der Waals surface area contributed by atoms with E-state index in [1.54, 1.807) is 0 Å². The summed E-state index contributed by atoms with van der Waals surface area (Å²) in [7, 11) is -10.6. The van der Waals surface area contributed by atoms with E-state index in [2.05, 4.69) is 156 Å². The molecule has 0 amide bonds. The van der Waals surface area contributed by atoms with Crippen LogP contribution in [0.3, 0.4) is 0 Å². The summed E-state index contributed by atoms with van der Waals surface area (Å²) < 4.78 is 59.2. The van der Waals surface area contributed by atoms with Crippen molar-refractivity contribution in [3.8, 4) is 0 Å². The van der Waals surface area contributed by atoms with Crippen molar-refractivity contribution in [1.29, 1.82) is 0 Å². The van der Waals surface area contributed by atoms with Gasteiger partial charge >= 0.3 is 33.0 Å². The van der Waals surface area contributed by atoms with E-state index in [0.717, 1.165) is 6.67 Å². The van der Waals surface area contributed by atoms with E-state index in [-0.39, 0.29) is 28.0 Å². The fourth-order valence-electron chi connectivity index (χ4n) is 5.54. The summed E-state index contributed by atoms with van der Waals surface area (Å²) in [6, 6.07) is 19.7. The molecule has 1 aliphatic heterocycles. The summed E-state index contributed by atoms with van der Waals surface area (Å²) in [4.78, 5) is 4.70. The van der Waals surface area contributed by atoms with Crippen LogP contribution < -0.4 is 15.1 Å². The maximum atomic E-state index is 9.87. The second kappa shape index (κ2) is 18.0. The quantitative estimate of drug-likeness (QED) is 0.147. The third kappa shape index (κ3) is 17.8. The zero-order valence-corrected chi connectivity index (χ0v) is 33.3. The Bertz CT molecular complexity index is 1410. The van der Waals surface area contributed by atoms with Crippen molar-refractivity contribution in [3.05, 3.63) is 125 Å². The zero-order valence-electron chi connectivity index (χ0n) is 29.1. The fourth-order valence-corrected chi connectivity index (χ4v) is 6.31. The molecule has 2 nitrogen and oxygen atoms in total. The number of aryl methyl sites for hydroxylation is 6. The Kier molecular flexibility index (Phi) is 16.3. The van der Waals surface area contributed by atoms with Gasteiger partial charge in [-0.2, -0.15) is 0 Å². The molecule has 48 heavy (non-hydrogen) atoms. The molecule has 1 radical (unpaired) electrons. The molecule has 5 rings (SSSR count). The first kappa shape index (κ1) is 43.6. The maximum absolute atomic E-state index is 10.7. The van der Waals surface area contributed by atoms with Crippen molar-refractivity contribution >= 4 is 32.4 Å². The minimum Gasteiger partial charge on any atom is 0 e. The minimum atomic E-state index is -10.7. The van der Waals surface area contributed by atoms with E-state index in [4.69, 9.17) is 0 Å². The molecule has 0 N–H and O–H groups in total. The molecule has 0 fully saturated rings. The summed E-state index contributed by atoms with van der Waals surface area (Å²) in [5.41, 5.74) is 10.7. The van der Waals surface area contributed by atoms with E-state index in [9.17, 15) is 25.2 Å². The van der Waals surface area contributed by atoms with Gasteiger partial charge in [0.25, 0.3) is 0 Å². The molecule has 0 saturated carbocycles. The van der Waals surface area contributed by atoms with Crippen molar-refractivity contribution < 1.29 is 45.3 Å². The number of anilines is 2. The first-order valence-corrected chi connectivity index (χ1v) is 19.8. The van der Waals surface area contributed by atoms with E-state index in [1.807, 2.05) is 0 Å². The maximum Gasteiger partial charge on any atom is 0 e. The first-order chi connectivity index (χ1) is 21.6. The van der Waals surface area contributed by atoms with Crippen LogP contribution in [-0.4, -0.2) is 20.0 Å². The average molecular weight is 890 g/mol. The summed E-state index contributed by atoms with van der Waals surface area (Å²) in [5.74, 6) is 0. The smallest absolute Gasteiger partial charge is 0 e. The normalized spacial score (nSPS) is 15.3. The van der Waals surface area contributed by atoms with Crippen molar-refractivity contribution in [1.82, 2.24) is 0 Å². The van der Waals surface area contributed by atoms with Gasteiger partial charge < -0.3 is 9.80 Å². The standard InChI is InChI=1S/C21H26N2.C8H11P.C8H12.F6P.Ir/c1-14-9-16(3)20(17(4)10-14)22-7-8-23(13-22)21-18(5)11-15(2)12-19(21)6;1-9(2)8-6-4-3-5-7-8;1-2-4-6-8-7-5-3-1;1-7(2,3,4,5)6;/h7-12H,13H2,1-6H3;3-7H,1-2H3;1-2,7-8H,3-6H2;;/q;;;-1;. The number of hydrogen-bond donors (Lipinski definition) is 0. The minimum absolute atomic E-state index is 0. The Morgan fingerprint density at radius 1 is 0.542 bits per heavy atom. The van der Waals surface area contributed by atoms with Gasteiger partial charge in [-0.15, -0.1) is 0 Å². The summed E-state index contributed by atoms with van der Waals surface area (Å²) >= 11 is 0. The fraction of sp³-hybridized carbons (Fsp3) is 0.351. The Morgan fingerprint density at radius 2 is 0.833 bits per heavy atom. The van der Waals surface area contributed by atoms with Crippen LogP contribution in [0.25, 0.3) is 0 Å². The van der Waals surface area contributed by atoms with Gasteiger partial charge in [-0.1, -0.05) is 97.9 Å². The van der Waals surface area contributed by atoms with Gasteiger partial charge in [0.1, 0.15) is 0 Å². The molecule has 0 aromatic heterocycles. The third-order valence-corrected chi connectivity index (χ3v) is 8.51. The van der Waals surface area contributed by atoms with E-state index < -0.39 is 7.81 Å². The Labute approximate surface area is 298 Å². The average Bonchev–Trinajstić information content (AvgIpc) is 3.35. The number of benzene rings is 3. The molecule has 269 valence electrons. The van der Waals surface area contributed by atoms with Gasteiger partial charge in [-0.25, -0.2) is 0 Å². The van der Waals surface area contributed by atoms with Crippen LogP contribution >= 0.6 is 15.7 Å². The second-order valence-corrected chi connectivity index (χ2v) is 16.4. The Hall–Kier alpha value is -2.43. The van der Waals surface area contributed by atoms with Crippen LogP contribution in [0.15, 0.2) is 91.3 Å². The number of halogens is 6. The number of allylic oxidation sites excluding steroid dienone is 4. The van der Waals surface area contributed by atoms with Gasteiger partial charge in [0.15, 0.2) is 0 Å². The zero-order chi connectivity index (χ0) is 35.5. The molecule has 0 atom stereocenters. The summed E-state index contributed by atoms with van der Waals surface area (Å²) in [6.07, 6.45) is 18.4. The monoisotopic (exact) mass is 890 g/mol. The molecule has 3 aromatic rings. The third-order valence-electron chi connectivity index (χ3n) is 7.18. The van der Waals surface area contributed by atoms with Crippen LogP contribution in [0, 0.1) is 41.5 Å². The van der Waals surface area contributed by atoms with Crippen molar-refractivity contribution in [2.75, 3.05) is 29.8 Å². The molecule has 0 unspecified atom stereocenters. The van der Waals surface area contributed by atoms with Gasteiger partial charge in [-0.3, -0.25) is 0 Å². The molecule has 1 heterocycles. The molecule has 0 saturated heterocycles. The van der Waals surface area contributed by atoms with Crippen molar-refractivity contribution in [3.63, 3.8) is 0 Å². The molecule has 1 aliphatic carbocycles. The molecular weight excluding hydrogens is 841 g/mol. The van der Waals surface area contributed by atoms with Crippen LogP contribution in [0.2, 0.25) is 0 Å². The Balaban J connectivity index is 0.000000379. The van der Waals surface area contributed by atoms with Gasteiger partial charge in [0.2, 0.25) is 0 Å². The van der Waals surface area contributed by atoms with Crippen LogP contribution in [0.5, 0.6) is 0 Å². The largest absolute Gasteiger partial charge is 0 e. The van der Waals surface area contributed by atoms with Crippen LogP contribution in [0.1, 0.15) is 59.1 Å². The molecule has 3 aromatic carbocycles. The van der Waals surface area contributed by atoms with Crippen LogP contribution in [0.4, 0.5) is 36.6 Å². The summed E-state index contributed by atoms with van der Waals surface area (Å²) in [5, 5.41) is 1.48. The predicted molar refractivity (Wildman–Crippen MR) is 195 cm³/mol. The van der Waals surface area contributed by atoms with E-state index >= 15 is 0 Å².